The molecule has 104 valence electrons. The second-order valence-electron chi connectivity index (χ2n) is 5.27. The summed E-state index contributed by atoms with van der Waals surface area (Å²) in [7, 11) is 0. The Hall–Kier alpha value is -0.730. The van der Waals surface area contributed by atoms with Gasteiger partial charge in [-0.15, -0.1) is 11.6 Å². The zero-order valence-electron chi connectivity index (χ0n) is 11.3. The van der Waals surface area contributed by atoms with Crippen molar-refractivity contribution in [3.8, 4) is 0 Å². The largest absolute Gasteiger partial charge is 0.339 e. The number of piperidine rings is 1. The van der Waals surface area contributed by atoms with Crippen molar-refractivity contribution in [2.75, 3.05) is 13.1 Å². The van der Waals surface area contributed by atoms with E-state index in [1.54, 1.807) is 6.07 Å². The van der Waals surface area contributed by atoms with Crippen molar-refractivity contribution in [3.05, 3.63) is 34.3 Å². The molecule has 1 heterocycles. The van der Waals surface area contributed by atoms with Crippen LogP contribution in [0.4, 0.5) is 0 Å². The summed E-state index contributed by atoms with van der Waals surface area (Å²) < 4.78 is 0. The number of carbonyl (C=O) groups is 1. The molecule has 1 aromatic carbocycles. The molecule has 1 saturated heterocycles. The van der Waals surface area contributed by atoms with Crippen LogP contribution in [-0.2, 0) is 0 Å². The van der Waals surface area contributed by atoms with Crippen LogP contribution in [0, 0.1) is 12.8 Å². The van der Waals surface area contributed by atoms with Crippen molar-refractivity contribution in [3.63, 3.8) is 0 Å². The molecule has 1 unspecified atom stereocenters. The summed E-state index contributed by atoms with van der Waals surface area (Å²) in [6.07, 6.45) is 1.98. The molecular weight excluding hydrogens is 281 g/mol. The molecule has 1 fully saturated rings. The average Bonchev–Trinajstić information content (AvgIpc) is 2.38. The molecular formula is C15H19Cl2NO. The SMILES string of the molecule is Cc1cc(Cl)ccc1C(=O)N1CCC(C(C)Cl)CC1. The zero-order valence-corrected chi connectivity index (χ0v) is 12.8. The van der Waals surface area contributed by atoms with Crippen molar-refractivity contribution < 1.29 is 4.79 Å². The summed E-state index contributed by atoms with van der Waals surface area (Å²) in [5, 5.41) is 0.859. The quantitative estimate of drug-likeness (QED) is 0.752. The first kappa shape index (κ1) is 14.7. The highest BCUT2D eigenvalue weighted by molar-refractivity contribution is 6.30. The van der Waals surface area contributed by atoms with E-state index in [1.165, 1.54) is 0 Å². The van der Waals surface area contributed by atoms with Gasteiger partial charge in [0.2, 0.25) is 0 Å². The number of carbonyl (C=O) groups excluding carboxylic acids is 1. The zero-order chi connectivity index (χ0) is 14.0. The van der Waals surface area contributed by atoms with E-state index in [1.807, 2.05) is 30.9 Å². The van der Waals surface area contributed by atoms with Crippen LogP contribution in [0.2, 0.25) is 5.02 Å². The lowest BCUT2D eigenvalue weighted by atomic mass is 9.93. The van der Waals surface area contributed by atoms with E-state index in [-0.39, 0.29) is 11.3 Å². The van der Waals surface area contributed by atoms with Crippen LogP contribution in [-0.4, -0.2) is 29.3 Å². The minimum absolute atomic E-state index is 0.106. The molecule has 0 bridgehead atoms. The Labute approximate surface area is 124 Å². The van der Waals surface area contributed by atoms with Crippen LogP contribution >= 0.6 is 23.2 Å². The fourth-order valence-corrected chi connectivity index (χ4v) is 3.08. The highest BCUT2D eigenvalue weighted by Crippen LogP contribution is 2.25. The molecule has 19 heavy (non-hydrogen) atoms. The number of benzene rings is 1. The normalized spacial score (nSPS) is 18.4. The summed E-state index contributed by atoms with van der Waals surface area (Å²) in [6, 6.07) is 5.42. The third-order valence-corrected chi connectivity index (χ3v) is 4.49. The van der Waals surface area contributed by atoms with Crippen molar-refractivity contribution in [2.24, 2.45) is 5.92 Å². The number of amides is 1. The van der Waals surface area contributed by atoms with Gasteiger partial charge in [-0.3, -0.25) is 4.79 Å². The van der Waals surface area contributed by atoms with Crippen molar-refractivity contribution in [2.45, 2.75) is 32.1 Å². The predicted molar refractivity (Wildman–Crippen MR) is 80.1 cm³/mol. The maximum Gasteiger partial charge on any atom is 0.254 e. The number of nitrogens with zero attached hydrogens (tertiary/aromatic N) is 1. The molecule has 1 aromatic rings. The van der Waals surface area contributed by atoms with Crippen LogP contribution in [0.25, 0.3) is 0 Å². The molecule has 0 aliphatic carbocycles. The molecule has 1 atom stereocenters. The topological polar surface area (TPSA) is 20.3 Å². The highest BCUT2D eigenvalue weighted by Gasteiger charge is 2.26. The Bertz CT molecular complexity index is 465. The third kappa shape index (κ3) is 3.43. The Morgan fingerprint density at radius 1 is 1.37 bits per heavy atom. The second-order valence-corrected chi connectivity index (χ2v) is 6.39. The predicted octanol–water partition coefficient (Wildman–Crippen LogP) is 4.13. The smallest absolute Gasteiger partial charge is 0.254 e. The number of halogens is 2. The fourth-order valence-electron chi connectivity index (χ4n) is 2.60. The van der Waals surface area contributed by atoms with Gasteiger partial charge in [0.1, 0.15) is 0 Å². The van der Waals surface area contributed by atoms with Gasteiger partial charge in [0.15, 0.2) is 0 Å². The molecule has 1 amide bonds. The monoisotopic (exact) mass is 299 g/mol. The van der Waals surface area contributed by atoms with E-state index < -0.39 is 0 Å². The van der Waals surface area contributed by atoms with Gasteiger partial charge in [0, 0.05) is 29.1 Å². The summed E-state index contributed by atoms with van der Waals surface area (Å²) in [5.41, 5.74) is 1.69. The van der Waals surface area contributed by atoms with Crippen molar-refractivity contribution in [1.82, 2.24) is 4.90 Å². The molecule has 0 aromatic heterocycles. The van der Waals surface area contributed by atoms with Gasteiger partial charge in [-0.25, -0.2) is 0 Å². The van der Waals surface area contributed by atoms with Gasteiger partial charge in [0.05, 0.1) is 0 Å². The van der Waals surface area contributed by atoms with E-state index in [2.05, 4.69) is 0 Å². The third-order valence-electron chi connectivity index (χ3n) is 3.90. The van der Waals surface area contributed by atoms with Crippen LogP contribution in [0.1, 0.15) is 35.7 Å². The van der Waals surface area contributed by atoms with Gasteiger partial charge >= 0.3 is 0 Å². The number of hydrogen-bond donors (Lipinski definition) is 0. The van der Waals surface area contributed by atoms with E-state index in [0.29, 0.717) is 10.9 Å². The molecule has 0 spiro atoms. The number of likely N-dealkylation sites (tertiary alicyclic amines) is 1. The minimum atomic E-state index is 0.106. The van der Waals surface area contributed by atoms with E-state index in [9.17, 15) is 4.79 Å². The van der Waals surface area contributed by atoms with E-state index >= 15 is 0 Å². The Balaban J connectivity index is 2.05. The van der Waals surface area contributed by atoms with E-state index in [4.69, 9.17) is 23.2 Å². The average molecular weight is 300 g/mol. The van der Waals surface area contributed by atoms with Crippen LogP contribution in [0.5, 0.6) is 0 Å². The van der Waals surface area contributed by atoms with Crippen LogP contribution in [0.3, 0.4) is 0 Å². The first-order chi connectivity index (χ1) is 8.99. The maximum absolute atomic E-state index is 12.5. The Morgan fingerprint density at radius 2 is 2.00 bits per heavy atom. The molecule has 0 N–H and O–H groups in total. The summed E-state index contributed by atoms with van der Waals surface area (Å²) in [5.74, 6) is 0.631. The second kappa shape index (κ2) is 6.15. The van der Waals surface area contributed by atoms with Gasteiger partial charge < -0.3 is 4.90 Å². The lowest BCUT2D eigenvalue weighted by Crippen LogP contribution is -2.40. The maximum atomic E-state index is 12.5. The summed E-state index contributed by atoms with van der Waals surface area (Å²) >= 11 is 12.0. The molecule has 2 nitrogen and oxygen atoms in total. The Morgan fingerprint density at radius 3 is 2.53 bits per heavy atom. The summed E-state index contributed by atoms with van der Waals surface area (Å²) in [4.78, 5) is 14.4. The molecule has 4 heteroatoms. The Kier molecular flexibility index (Phi) is 4.75. The molecule has 1 aliphatic heterocycles. The molecule has 0 saturated carbocycles. The lowest BCUT2D eigenvalue weighted by Gasteiger charge is -2.33. The van der Waals surface area contributed by atoms with E-state index in [0.717, 1.165) is 37.1 Å². The van der Waals surface area contributed by atoms with Gasteiger partial charge in [0.25, 0.3) is 5.91 Å². The number of rotatable bonds is 2. The fraction of sp³-hybridized carbons (Fsp3) is 0.533. The number of hydrogen-bond acceptors (Lipinski definition) is 1. The minimum Gasteiger partial charge on any atom is -0.339 e. The highest BCUT2D eigenvalue weighted by atomic mass is 35.5. The molecule has 0 radical (unpaired) electrons. The standard InChI is InChI=1S/C15H19Cl2NO/c1-10-9-13(17)3-4-14(10)15(19)18-7-5-12(6-8-18)11(2)16/h3-4,9,11-12H,5-8H2,1-2H3. The van der Waals surface area contributed by atoms with Gasteiger partial charge in [-0.05, 0) is 56.4 Å². The van der Waals surface area contributed by atoms with Crippen LogP contribution in [0.15, 0.2) is 18.2 Å². The first-order valence-corrected chi connectivity index (χ1v) is 7.50. The summed E-state index contributed by atoms with van der Waals surface area (Å²) in [6.45, 7) is 5.55. The number of aryl methyl sites for hydroxylation is 1. The van der Waals surface area contributed by atoms with Crippen molar-refractivity contribution in [1.29, 1.82) is 0 Å². The molecule has 1 aliphatic rings. The van der Waals surface area contributed by atoms with Crippen LogP contribution < -0.4 is 0 Å². The van der Waals surface area contributed by atoms with Gasteiger partial charge in [-0.1, -0.05) is 11.6 Å². The van der Waals surface area contributed by atoms with Gasteiger partial charge in [-0.2, -0.15) is 0 Å². The first-order valence-electron chi connectivity index (χ1n) is 6.68. The lowest BCUT2D eigenvalue weighted by molar-refractivity contribution is 0.0689. The van der Waals surface area contributed by atoms with Crippen molar-refractivity contribution >= 4 is 29.1 Å². The molecule has 2 rings (SSSR count). The number of alkyl halides is 1.